The minimum Gasteiger partial charge on any atom is -0.481 e. The van der Waals surface area contributed by atoms with E-state index in [1.165, 1.54) is 6.07 Å². The van der Waals surface area contributed by atoms with Crippen LogP contribution in [0.3, 0.4) is 0 Å². The summed E-state index contributed by atoms with van der Waals surface area (Å²) in [5.41, 5.74) is -1.13. The molecule has 0 unspecified atom stereocenters. The average molecular weight is 289 g/mol. The van der Waals surface area contributed by atoms with Gasteiger partial charge in [0.15, 0.2) is 0 Å². The molecule has 0 aliphatic heterocycles. The Morgan fingerprint density at radius 2 is 1.90 bits per heavy atom. The van der Waals surface area contributed by atoms with E-state index >= 15 is 0 Å². The van der Waals surface area contributed by atoms with Crippen molar-refractivity contribution in [2.45, 2.75) is 6.42 Å². The Morgan fingerprint density at radius 1 is 1.19 bits per heavy atom. The highest BCUT2D eigenvalue weighted by molar-refractivity contribution is 6.04. The molecule has 0 atom stereocenters. The molecule has 1 heterocycles. The van der Waals surface area contributed by atoms with Gasteiger partial charge in [-0.3, -0.25) is 19.4 Å². The summed E-state index contributed by atoms with van der Waals surface area (Å²) >= 11 is 0. The molecular formula is C13H11N3O5. The van der Waals surface area contributed by atoms with E-state index in [0.717, 1.165) is 6.20 Å². The lowest BCUT2D eigenvalue weighted by Crippen LogP contribution is -2.29. The summed E-state index contributed by atoms with van der Waals surface area (Å²) < 4.78 is 0. The summed E-state index contributed by atoms with van der Waals surface area (Å²) in [4.78, 5) is 49.3. The number of carbonyl (C=O) groups is 2. The van der Waals surface area contributed by atoms with Gasteiger partial charge < -0.3 is 15.4 Å². The van der Waals surface area contributed by atoms with Gasteiger partial charge in [-0.1, -0.05) is 18.2 Å². The van der Waals surface area contributed by atoms with Gasteiger partial charge in [0.05, 0.1) is 6.42 Å². The smallest absolute Gasteiger partial charge is 0.325 e. The number of aromatic nitrogens is 2. The maximum Gasteiger partial charge on any atom is 0.325 e. The molecule has 0 saturated heterocycles. The van der Waals surface area contributed by atoms with Crippen molar-refractivity contribution in [1.29, 1.82) is 0 Å². The molecule has 0 radical (unpaired) electrons. The third kappa shape index (κ3) is 3.44. The van der Waals surface area contributed by atoms with Gasteiger partial charge in [-0.25, -0.2) is 4.79 Å². The minimum atomic E-state index is -1.04. The molecule has 2 rings (SSSR count). The average Bonchev–Trinajstić information content (AvgIpc) is 2.40. The number of carboxylic acid groups (broad SMARTS) is 1. The highest BCUT2D eigenvalue weighted by Gasteiger charge is 2.14. The fraction of sp³-hybridized carbons (Fsp3) is 0.0769. The largest absolute Gasteiger partial charge is 0.481 e. The van der Waals surface area contributed by atoms with Crippen LogP contribution in [0, 0.1) is 0 Å². The minimum absolute atomic E-state index is 0.265. The number of rotatable bonds is 4. The predicted molar refractivity (Wildman–Crippen MR) is 73.4 cm³/mol. The zero-order valence-electron chi connectivity index (χ0n) is 10.7. The molecule has 0 spiro atoms. The van der Waals surface area contributed by atoms with Gasteiger partial charge >= 0.3 is 11.7 Å². The second kappa shape index (κ2) is 5.87. The Labute approximate surface area is 117 Å². The molecule has 8 nitrogen and oxygen atoms in total. The molecule has 0 fully saturated rings. The highest BCUT2D eigenvalue weighted by Crippen LogP contribution is 2.16. The number of carboxylic acids is 1. The fourth-order valence-electron chi connectivity index (χ4n) is 1.73. The summed E-state index contributed by atoms with van der Waals surface area (Å²) in [6, 6.07) is 6.34. The molecule has 2 aromatic rings. The van der Waals surface area contributed by atoms with E-state index in [1.807, 2.05) is 4.98 Å². The lowest BCUT2D eigenvalue weighted by atomic mass is 10.1. The van der Waals surface area contributed by atoms with Crippen molar-refractivity contribution in [3.63, 3.8) is 0 Å². The first kappa shape index (κ1) is 14.3. The number of benzene rings is 1. The number of carbonyl (C=O) groups excluding carboxylic acids is 1. The predicted octanol–water partition coefficient (Wildman–Crippen LogP) is -0.0574. The van der Waals surface area contributed by atoms with Gasteiger partial charge in [0.2, 0.25) is 0 Å². The quantitative estimate of drug-likeness (QED) is 0.626. The lowest BCUT2D eigenvalue weighted by Gasteiger charge is -2.09. The number of amides is 1. The maximum absolute atomic E-state index is 12.0. The van der Waals surface area contributed by atoms with Crippen molar-refractivity contribution in [2.24, 2.45) is 0 Å². The van der Waals surface area contributed by atoms with E-state index in [-0.39, 0.29) is 17.7 Å². The lowest BCUT2D eigenvalue weighted by molar-refractivity contribution is -0.136. The summed E-state index contributed by atoms with van der Waals surface area (Å²) in [6.45, 7) is 0. The Kier molecular flexibility index (Phi) is 3.98. The number of anilines is 1. The number of H-pyrrole nitrogens is 2. The summed E-state index contributed by atoms with van der Waals surface area (Å²) in [5, 5.41) is 11.3. The van der Waals surface area contributed by atoms with Crippen molar-refractivity contribution in [1.82, 2.24) is 9.97 Å². The van der Waals surface area contributed by atoms with Crippen LogP contribution in [0.25, 0.3) is 0 Å². The van der Waals surface area contributed by atoms with Gasteiger partial charge in [-0.2, -0.15) is 0 Å². The van der Waals surface area contributed by atoms with Crippen LogP contribution in [-0.4, -0.2) is 27.0 Å². The third-order valence-corrected chi connectivity index (χ3v) is 2.67. The molecule has 4 N–H and O–H groups in total. The number of nitrogens with one attached hydrogen (secondary N) is 3. The van der Waals surface area contributed by atoms with Crippen molar-refractivity contribution in [3.8, 4) is 0 Å². The molecule has 0 bridgehead atoms. The van der Waals surface area contributed by atoms with Crippen LogP contribution in [0.15, 0.2) is 40.1 Å². The molecule has 8 heteroatoms. The molecule has 21 heavy (non-hydrogen) atoms. The monoisotopic (exact) mass is 289 g/mol. The second-order valence-electron chi connectivity index (χ2n) is 4.17. The van der Waals surface area contributed by atoms with E-state index in [0.29, 0.717) is 5.56 Å². The normalized spacial score (nSPS) is 10.1. The van der Waals surface area contributed by atoms with Crippen LogP contribution in [0.2, 0.25) is 0 Å². The zero-order chi connectivity index (χ0) is 15.4. The molecule has 1 aromatic heterocycles. The van der Waals surface area contributed by atoms with Gasteiger partial charge in [0.1, 0.15) is 5.56 Å². The van der Waals surface area contributed by atoms with Crippen LogP contribution in [0.5, 0.6) is 0 Å². The van der Waals surface area contributed by atoms with E-state index < -0.39 is 23.1 Å². The molecule has 0 aliphatic carbocycles. The Balaban J connectivity index is 2.29. The molecule has 0 aliphatic rings. The van der Waals surface area contributed by atoms with Crippen LogP contribution in [0.1, 0.15) is 15.9 Å². The summed E-state index contributed by atoms with van der Waals surface area (Å²) in [6.07, 6.45) is 0.731. The fourth-order valence-corrected chi connectivity index (χ4v) is 1.73. The van der Waals surface area contributed by atoms with Crippen LogP contribution >= 0.6 is 0 Å². The van der Waals surface area contributed by atoms with E-state index in [2.05, 4.69) is 10.3 Å². The van der Waals surface area contributed by atoms with Gasteiger partial charge in [-0.15, -0.1) is 0 Å². The number of aliphatic carboxylic acids is 1. The molecular weight excluding hydrogens is 278 g/mol. The van der Waals surface area contributed by atoms with Crippen LogP contribution in [-0.2, 0) is 11.2 Å². The first-order chi connectivity index (χ1) is 9.97. The van der Waals surface area contributed by atoms with Crippen LogP contribution in [0.4, 0.5) is 5.69 Å². The first-order valence-electron chi connectivity index (χ1n) is 5.90. The molecule has 1 amide bonds. The molecule has 1 aromatic carbocycles. The van der Waals surface area contributed by atoms with Crippen molar-refractivity contribution in [3.05, 3.63) is 62.4 Å². The maximum atomic E-state index is 12.0. The first-order valence-corrected chi connectivity index (χ1v) is 5.90. The van der Waals surface area contributed by atoms with Crippen molar-refractivity contribution >= 4 is 17.6 Å². The number of hydrogen-bond acceptors (Lipinski definition) is 4. The highest BCUT2D eigenvalue weighted by atomic mass is 16.4. The van der Waals surface area contributed by atoms with Gasteiger partial charge in [0, 0.05) is 11.9 Å². The van der Waals surface area contributed by atoms with Crippen LogP contribution < -0.4 is 16.6 Å². The van der Waals surface area contributed by atoms with Gasteiger partial charge in [0.25, 0.3) is 11.5 Å². The van der Waals surface area contributed by atoms with Crippen molar-refractivity contribution in [2.75, 3.05) is 5.32 Å². The number of para-hydroxylation sites is 1. The second-order valence-corrected chi connectivity index (χ2v) is 4.17. The standard InChI is InChI=1S/C13H11N3O5/c17-10(18)5-7-3-1-2-4-9(7)15-11(19)8-6-14-13(21)16-12(8)20/h1-4,6H,5H2,(H,15,19)(H,17,18)(H2,14,16,20,21). The topological polar surface area (TPSA) is 132 Å². The number of aromatic amines is 2. The Hall–Kier alpha value is -3.16. The van der Waals surface area contributed by atoms with E-state index in [1.54, 1.807) is 18.2 Å². The van der Waals surface area contributed by atoms with E-state index in [9.17, 15) is 19.2 Å². The van der Waals surface area contributed by atoms with Gasteiger partial charge in [-0.05, 0) is 11.6 Å². The summed E-state index contributed by atoms with van der Waals surface area (Å²) in [7, 11) is 0. The molecule has 0 saturated carbocycles. The van der Waals surface area contributed by atoms with E-state index in [4.69, 9.17) is 5.11 Å². The summed E-state index contributed by atoms with van der Waals surface area (Å²) in [5.74, 6) is -1.79. The third-order valence-electron chi connectivity index (χ3n) is 2.67. The SMILES string of the molecule is O=C(O)Cc1ccccc1NC(=O)c1c[nH]c(=O)[nH]c1=O. The zero-order valence-corrected chi connectivity index (χ0v) is 10.7. The van der Waals surface area contributed by atoms with Crippen molar-refractivity contribution < 1.29 is 14.7 Å². The number of hydrogen-bond donors (Lipinski definition) is 4. The Morgan fingerprint density at radius 3 is 2.57 bits per heavy atom. The Bertz CT molecular complexity index is 806. The molecule has 108 valence electrons.